The minimum Gasteiger partial charge on any atom is -0.466 e. The van der Waals surface area contributed by atoms with E-state index in [1.807, 2.05) is 0 Å². The van der Waals surface area contributed by atoms with E-state index in [0.717, 1.165) is 12.8 Å². The standard InChI is InChI=1S/C8H14O3/c1-3-7-8(11-7)4-5-10-6(2)9/h7-8H,3-5H2,1-2H3. The van der Waals surface area contributed by atoms with Gasteiger partial charge in [-0.15, -0.1) is 0 Å². The maximum atomic E-state index is 10.3. The quantitative estimate of drug-likeness (QED) is 0.454. The number of ether oxygens (including phenoxy) is 2. The Bertz CT molecular complexity index is 144. The van der Waals surface area contributed by atoms with Crippen LogP contribution in [0.1, 0.15) is 26.7 Å². The van der Waals surface area contributed by atoms with Crippen LogP contribution in [0, 0.1) is 0 Å². The van der Waals surface area contributed by atoms with Crippen molar-refractivity contribution in [2.24, 2.45) is 0 Å². The van der Waals surface area contributed by atoms with Crippen LogP contribution < -0.4 is 0 Å². The van der Waals surface area contributed by atoms with E-state index in [0.29, 0.717) is 18.8 Å². The van der Waals surface area contributed by atoms with Crippen LogP contribution in [0.3, 0.4) is 0 Å². The van der Waals surface area contributed by atoms with Gasteiger partial charge >= 0.3 is 5.97 Å². The molecule has 1 fully saturated rings. The minimum absolute atomic E-state index is 0.210. The van der Waals surface area contributed by atoms with Gasteiger partial charge < -0.3 is 9.47 Å². The second kappa shape index (κ2) is 3.72. The smallest absolute Gasteiger partial charge is 0.302 e. The molecule has 3 heteroatoms. The summed E-state index contributed by atoms with van der Waals surface area (Å²) in [6.45, 7) is 4.01. The van der Waals surface area contributed by atoms with Crippen molar-refractivity contribution >= 4 is 5.97 Å². The van der Waals surface area contributed by atoms with Crippen molar-refractivity contribution in [2.45, 2.75) is 38.9 Å². The molecule has 0 radical (unpaired) electrons. The van der Waals surface area contributed by atoms with Crippen molar-refractivity contribution in [3.8, 4) is 0 Å². The summed E-state index contributed by atoms with van der Waals surface area (Å²) in [4.78, 5) is 10.3. The molecule has 0 aromatic carbocycles. The van der Waals surface area contributed by atoms with Crippen LogP contribution in [0.15, 0.2) is 0 Å². The SMILES string of the molecule is CCC1OC1CCOC(C)=O. The Kier molecular flexibility index (Phi) is 2.88. The maximum Gasteiger partial charge on any atom is 0.302 e. The van der Waals surface area contributed by atoms with Gasteiger partial charge in [-0.05, 0) is 6.42 Å². The number of esters is 1. The number of carbonyl (C=O) groups is 1. The number of hydrogen-bond acceptors (Lipinski definition) is 3. The van der Waals surface area contributed by atoms with Crippen molar-refractivity contribution in [1.82, 2.24) is 0 Å². The first-order valence-electron chi connectivity index (χ1n) is 4.03. The van der Waals surface area contributed by atoms with Gasteiger partial charge in [-0.2, -0.15) is 0 Å². The van der Waals surface area contributed by atoms with Crippen LogP contribution in [-0.2, 0) is 14.3 Å². The third-order valence-corrected chi connectivity index (χ3v) is 1.80. The molecule has 0 aromatic rings. The van der Waals surface area contributed by atoms with E-state index in [-0.39, 0.29) is 5.97 Å². The molecule has 0 bridgehead atoms. The molecule has 3 nitrogen and oxygen atoms in total. The summed E-state index contributed by atoms with van der Waals surface area (Å²) in [6, 6.07) is 0. The largest absolute Gasteiger partial charge is 0.466 e. The lowest BCUT2D eigenvalue weighted by atomic mass is 10.2. The van der Waals surface area contributed by atoms with Crippen LogP contribution in [0.5, 0.6) is 0 Å². The molecule has 1 heterocycles. The van der Waals surface area contributed by atoms with Crippen molar-refractivity contribution < 1.29 is 14.3 Å². The topological polar surface area (TPSA) is 38.8 Å². The fourth-order valence-corrected chi connectivity index (χ4v) is 1.11. The average molecular weight is 158 g/mol. The molecule has 0 aliphatic carbocycles. The maximum absolute atomic E-state index is 10.3. The normalized spacial score (nSPS) is 28.2. The fraction of sp³-hybridized carbons (Fsp3) is 0.875. The zero-order chi connectivity index (χ0) is 8.27. The van der Waals surface area contributed by atoms with Crippen LogP contribution in [-0.4, -0.2) is 24.8 Å². The number of epoxide rings is 1. The van der Waals surface area contributed by atoms with Crippen molar-refractivity contribution in [3.63, 3.8) is 0 Å². The molecular formula is C8H14O3. The first-order valence-corrected chi connectivity index (χ1v) is 4.03. The molecule has 1 aliphatic rings. The first-order chi connectivity index (χ1) is 5.24. The highest BCUT2D eigenvalue weighted by Crippen LogP contribution is 2.27. The van der Waals surface area contributed by atoms with Crippen LogP contribution >= 0.6 is 0 Å². The predicted molar refractivity (Wildman–Crippen MR) is 40.2 cm³/mol. The van der Waals surface area contributed by atoms with E-state index in [4.69, 9.17) is 9.47 Å². The molecule has 0 aromatic heterocycles. The Morgan fingerprint density at radius 3 is 2.73 bits per heavy atom. The molecule has 2 unspecified atom stereocenters. The molecule has 64 valence electrons. The third kappa shape index (κ3) is 2.89. The number of hydrogen-bond donors (Lipinski definition) is 0. The molecule has 0 amide bonds. The van der Waals surface area contributed by atoms with Crippen molar-refractivity contribution in [2.75, 3.05) is 6.61 Å². The van der Waals surface area contributed by atoms with Gasteiger partial charge in [0.1, 0.15) is 0 Å². The molecule has 2 atom stereocenters. The Balaban J connectivity index is 1.93. The van der Waals surface area contributed by atoms with Gasteiger partial charge in [0, 0.05) is 13.3 Å². The Labute approximate surface area is 66.7 Å². The lowest BCUT2D eigenvalue weighted by Gasteiger charge is -1.97. The molecule has 0 spiro atoms. The van der Waals surface area contributed by atoms with E-state index in [1.54, 1.807) is 0 Å². The summed E-state index contributed by atoms with van der Waals surface area (Å²) in [5.74, 6) is -0.210. The van der Waals surface area contributed by atoms with Gasteiger partial charge in [-0.25, -0.2) is 0 Å². The molecular weight excluding hydrogens is 144 g/mol. The van der Waals surface area contributed by atoms with Crippen molar-refractivity contribution in [1.29, 1.82) is 0 Å². The van der Waals surface area contributed by atoms with Gasteiger partial charge in [-0.1, -0.05) is 6.92 Å². The Morgan fingerprint density at radius 1 is 1.55 bits per heavy atom. The van der Waals surface area contributed by atoms with Crippen LogP contribution in [0.2, 0.25) is 0 Å². The van der Waals surface area contributed by atoms with Gasteiger partial charge in [-0.3, -0.25) is 4.79 Å². The van der Waals surface area contributed by atoms with Crippen molar-refractivity contribution in [3.05, 3.63) is 0 Å². The lowest BCUT2D eigenvalue weighted by Crippen LogP contribution is -2.04. The Hall–Kier alpha value is -0.570. The zero-order valence-corrected chi connectivity index (χ0v) is 7.00. The van der Waals surface area contributed by atoms with Crippen LogP contribution in [0.25, 0.3) is 0 Å². The van der Waals surface area contributed by atoms with Gasteiger partial charge in [0.2, 0.25) is 0 Å². The first kappa shape index (κ1) is 8.53. The summed E-state index contributed by atoms with van der Waals surface area (Å²) in [6.07, 6.45) is 2.67. The van der Waals surface area contributed by atoms with Gasteiger partial charge in [0.15, 0.2) is 0 Å². The number of rotatable bonds is 4. The van der Waals surface area contributed by atoms with E-state index in [9.17, 15) is 4.79 Å². The molecule has 1 saturated heterocycles. The zero-order valence-electron chi connectivity index (χ0n) is 7.00. The van der Waals surface area contributed by atoms with E-state index in [2.05, 4.69) is 6.92 Å². The molecule has 1 rings (SSSR count). The predicted octanol–water partition coefficient (Wildman–Crippen LogP) is 1.12. The monoisotopic (exact) mass is 158 g/mol. The highest BCUT2D eigenvalue weighted by Gasteiger charge is 2.36. The molecule has 0 N–H and O–H groups in total. The molecule has 11 heavy (non-hydrogen) atoms. The highest BCUT2D eigenvalue weighted by atomic mass is 16.6. The summed E-state index contributed by atoms with van der Waals surface area (Å²) in [5.41, 5.74) is 0. The molecule has 1 aliphatic heterocycles. The Morgan fingerprint density at radius 2 is 2.27 bits per heavy atom. The summed E-state index contributed by atoms with van der Waals surface area (Å²) >= 11 is 0. The third-order valence-electron chi connectivity index (χ3n) is 1.80. The second-order valence-electron chi connectivity index (χ2n) is 2.75. The number of carbonyl (C=O) groups excluding carboxylic acids is 1. The summed E-state index contributed by atoms with van der Waals surface area (Å²) in [7, 11) is 0. The van der Waals surface area contributed by atoms with E-state index >= 15 is 0 Å². The average Bonchev–Trinajstić information content (AvgIpc) is 2.66. The molecule has 0 saturated carbocycles. The van der Waals surface area contributed by atoms with Gasteiger partial charge in [0.25, 0.3) is 0 Å². The van der Waals surface area contributed by atoms with E-state index in [1.165, 1.54) is 6.92 Å². The summed E-state index contributed by atoms with van der Waals surface area (Å²) < 4.78 is 10.0. The lowest BCUT2D eigenvalue weighted by molar-refractivity contribution is -0.141. The fourth-order valence-electron chi connectivity index (χ4n) is 1.11. The minimum atomic E-state index is -0.210. The van der Waals surface area contributed by atoms with E-state index < -0.39 is 0 Å². The van der Waals surface area contributed by atoms with Crippen LogP contribution in [0.4, 0.5) is 0 Å². The second-order valence-corrected chi connectivity index (χ2v) is 2.75. The summed E-state index contributed by atoms with van der Waals surface area (Å²) in [5, 5.41) is 0. The highest BCUT2D eigenvalue weighted by molar-refractivity contribution is 5.65. The van der Waals surface area contributed by atoms with Gasteiger partial charge in [0.05, 0.1) is 18.8 Å².